The van der Waals surface area contributed by atoms with E-state index < -0.39 is 0 Å². The van der Waals surface area contributed by atoms with Crippen LogP contribution in [0, 0.1) is 0 Å². The van der Waals surface area contributed by atoms with Crippen molar-refractivity contribution in [2.24, 2.45) is 0 Å². The molecule has 1 N–H and O–H groups in total. The molecule has 3 heteroatoms. The largest absolute Gasteiger partial charge is 0.354 e. The minimum Gasteiger partial charge on any atom is -0.354 e. The number of aromatic amines is 1. The number of aromatic nitrogens is 2. The first-order valence-corrected chi connectivity index (χ1v) is 9.49. The van der Waals surface area contributed by atoms with Gasteiger partial charge in [0.25, 0.3) is 0 Å². The van der Waals surface area contributed by atoms with E-state index in [0.717, 1.165) is 10.5 Å². The van der Waals surface area contributed by atoms with Crippen molar-refractivity contribution in [1.29, 1.82) is 0 Å². The second kappa shape index (κ2) is 5.16. The first-order valence-electron chi connectivity index (χ1n) is 8.67. The molecule has 0 fully saturated rings. The third kappa shape index (κ3) is 1.83. The number of fused-ring (bicyclic) bond motifs is 7. The Bertz CT molecular complexity index is 1380. The van der Waals surface area contributed by atoms with Crippen LogP contribution in [0.4, 0.5) is 0 Å². The summed E-state index contributed by atoms with van der Waals surface area (Å²) >= 11 is 1.78. The number of para-hydroxylation sites is 2. The smallest absolute Gasteiger partial charge is 0.127 e. The van der Waals surface area contributed by atoms with Gasteiger partial charge in [-0.25, -0.2) is 4.98 Å². The molecule has 3 aromatic carbocycles. The highest BCUT2D eigenvalue weighted by Crippen LogP contribution is 2.47. The van der Waals surface area contributed by atoms with Crippen LogP contribution in [-0.4, -0.2) is 9.97 Å². The van der Waals surface area contributed by atoms with E-state index in [1.165, 1.54) is 43.2 Å². The number of hydrogen-bond donors (Lipinski definition) is 1. The van der Waals surface area contributed by atoms with Crippen LogP contribution in [0.5, 0.6) is 0 Å². The molecule has 2 aliphatic heterocycles. The molecule has 0 radical (unpaired) electrons. The lowest BCUT2D eigenvalue weighted by Crippen LogP contribution is -1.82. The van der Waals surface area contributed by atoms with Crippen molar-refractivity contribution < 1.29 is 0 Å². The van der Waals surface area contributed by atoms with Gasteiger partial charge in [-0.05, 0) is 17.7 Å². The van der Waals surface area contributed by atoms with Crippen molar-refractivity contribution in [3.63, 3.8) is 0 Å². The highest BCUT2D eigenvalue weighted by atomic mass is 32.1. The number of H-pyrrole nitrogens is 1. The molecular formula is C23H14N2S. The molecule has 26 heavy (non-hydrogen) atoms. The summed E-state index contributed by atoms with van der Waals surface area (Å²) in [5.41, 5.74) is 5.89. The van der Waals surface area contributed by atoms with Gasteiger partial charge in [-0.15, -0.1) is 11.3 Å². The quantitative estimate of drug-likeness (QED) is 0.351. The second-order valence-corrected chi connectivity index (χ2v) is 7.53. The Morgan fingerprint density at radius 2 is 1.46 bits per heavy atom. The van der Waals surface area contributed by atoms with Crippen molar-refractivity contribution in [2.45, 2.75) is 0 Å². The molecular weight excluding hydrogens is 336 g/mol. The Morgan fingerprint density at radius 1 is 0.731 bits per heavy atom. The van der Waals surface area contributed by atoms with Gasteiger partial charge < -0.3 is 4.98 Å². The molecule has 0 atom stereocenters. The summed E-state index contributed by atoms with van der Waals surface area (Å²) in [6.45, 7) is 0. The predicted molar refractivity (Wildman–Crippen MR) is 111 cm³/mol. The molecule has 0 bridgehead atoms. The Morgan fingerprint density at radius 3 is 2.35 bits per heavy atom. The maximum atomic E-state index is 4.92. The van der Waals surface area contributed by atoms with Crippen LogP contribution in [0.25, 0.3) is 53.7 Å². The fraction of sp³-hybridized carbons (Fsp3) is 0. The molecule has 0 unspecified atom stereocenters. The molecule has 122 valence electrons. The molecule has 0 spiro atoms. The van der Waals surface area contributed by atoms with Crippen LogP contribution >= 0.6 is 11.3 Å². The van der Waals surface area contributed by atoms with Crippen molar-refractivity contribution >= 4 is 44.0 Å². The highest BCUT2D eigenvalue weighted by molar-refractivity contribution is 7.19. The number of nitrogens with one attached hydrogen (secondary N) is 1. The maximum absolute atomic E-state index is 4.92. The maximum Gasteiger partial charge on any atom is 0.127 e. The van der Waals surface area contributed by atoms with Gasteiger partial charge in [0.2, 0.25) is 0 Å². The van der Waals surface area contributed by atoms with Crippen LogP contribution in [0.15, 0.2) is 78.9 Å². The third-order valence-electron chi connectivity index (χ3n) is 5.03. The zero-order valence-corrected chi connectivity index (χ0v) is 14.7. The van der Waals surface area contributed by atoms with E-state index in [1.807, 2.05) is 0 Å². The van der Waals surface area contributed by atoms with Crippen LogP contribution < -0.4 is 0 Å². The highest BCUT2D eigenvalue weighted by Gasteiger charge is 2.22. The summed E-state index contributed by atoms with van der Waals surface area (Å²) in [6, 6.07) is 27.6. The average Bonchev–Trinajstić information content (AvgIpc) is 3.26. The summed E-state index contributed by atoms with van der Waals surface area (Å²) in [7, 11) is 0. The van der Waals surface area contributed by atoms with Crippen molar-refractivity contribution in [1.82, 2.24) is 9.97 Å². The summed E-state index contributed by atoms with van der Waals surface area (Å²) in [6.07, 6.45) is 0. The fourth-order valence-corrected chi connectivity index (χ4v) is 5.10. The zero-order valence-electron chi connectivity index (χ0n) is 13.9. The van der Waals surface area contributed by atoms with Gasteiger partial charge in [0.05, 0.1) is 11.0 Å². The van der Waals surface area contributed by atoms with Crippen molar-refractivity contribution in [3.05, 3.63) is 78.9 Å². The number of nitrogens with zero attached hydrogens (tertiary/aromatic N) is 1. The molecule has 0 amide bonds. The SMILES string of the molecule is c1ccc(-c2sc3nc4ccccc4c-3c3[nH]c4ccccc4c23)cc1. The Labute approximate surface area is 154 Å². The van der Waals surface area contributed by atoms with Gasteiger partial charge in [-0.1, -0.05) is 66.7 Å². The summed E-state index contributed by atoms with van der Waals surface area (Å²) in [5, 5.41) is 4.87. The first-order chi connectivity index (χ1) is 12.9. The Balaban J connectivity index is 1.90. The topological polar surface area (TPSA) is 28.7 Å². The predicted octanol–water partition coefficient (Wildman–Crippen LogP) is 6.70. The molecule has 2 nitrogen and oxygen atoms in total. The van der Waals surface area contributed by atoms with E-state index in [0.29, 0.717) is 0 Å². The molecule has 1 aromatic heterocycles. The summed E-state index contributed by atoms with van der Waals surface area (Å²) < 4.78 is 0. The lowest BCUT2D eigenvalue weighted by atomic mass is 10.1. The third-order valence-corrected chi connectivity index (χ3v) is 6.16. The number of hydrogen-bond acceptors (Lipinski definition) is 2. The molecule has 2 aliphatic rings. The van der Waals surface area contributed by atoms with Gasteiger partial charge >= 0.3 is 0 Å². The Hall–Kier alpha value is -3.17. The van der Waals surface area contributed by atoms with E-state index in [9.17, 15) is 0 Å². The fourth-order valence-electron chi connectivity index (χ4n) is 3.88. The van der Waals surface area contributed by atoms with Gasteiger partial charge in [-0.2, -0.15) is 0 Å². The van der Waals surface area contributed by atoms with Crippen LogP contribution in [0.2, 0.25) is 0 Å². The summed E-state index contributed by atoms with van der Waals surface area (Å²) in [5.74, 6) is 0. The number of rotatable bonds is 1. The minimum atomic E-state index is 1.06. The normalized spacial score (nSPS) is 11.8. The van der Waals surface area contributed by atoms with Crippen molar-refractivity contribution in [3.8, 4) is 21.0 Å². The number of benzene rings is 3. The molecule has 4 aromatic rings. The van der Waals surface area contributed by atoms with Crippen LogP contribution in [0.1, 0.15) is 0 Å². The van der Waals surface area contributed by atoms with Crippen LogP contribution in [0.3, 0.4) is 0 Å². The van der Waals surface area contributed by atoms with E-state index in [2.05, 4.69) is 83.8 Å². The van der Waals surface area contributed by atoms with Crippen molar-refractivity contribution in [2.75, 3.05) is 0 Å². The van der Waals surface area contributed by atoms with E-state index in [1.54, 1.807) is 11.3 Å². The second-order valence-electron chi connectivity index (χ2n) is 6.53. The lowest BCUT2D eigenvalue weighted by Gasteiger charge is -2.08. The summed E-state index contributed by atoms with van der Waals surface area (Å²) in [4.78, 5) is 9.87. The van der Waals surface area contributed by atoms with Gasteiger partial charge in [0, 0.05) is 32.1 Å². The van der Waals surface area contributed by atoms with E-state index in [4.69, 9.17) is 4.98 Å². The molecule has 3 heterocycles. The average molecular weight is 350 g/mol. The van der Waals surface area contributed by atoms with E-state index >= 15 is 0 Å². The molecule has 0 saturated carbocycles. The molecule has 0 saturated heterocycles. The Kier molecular flexibility index (Phi) is 2.79. The first kappa shape index (κ1) is 14.0. The standard InChI is InChI=1S/C23H14N2S/c1-2-8-14(9-3-1)22-19-15-10-4-6-12-17(15)24-21(19)20-16-11-5-7-13-18(16)25-23(20)26-22/h1-13,24H. The molecule has 0 aliphatic carbocycles. The van der Waals surface area contributed by atoms with Gasteiger partial charge in [0.15, 0.2) is 0 Å². The van der Waals surface area contributed by atoms with E-state index in [-0.39, 0.29) is 0 Å². The lowest BCUT2D eigenvalue weighted by molar-refractivity contribution is 1.51. The van der Waals surface area contributed by atoms with Crippen LogP contribution in [-0.2, 0) is 0 Å². The zero-order chi connectivity index (χ0) is 17.1. The minimum absolute atomic E-state index is 1.06. The monoisotopic (exact) mass is 350 g/mol. The van der Waals surface area contributed by atoms with Gasteiger partial charge in [0.1, 0.15) is 5.01 Å². The van der Waals surface area contributed by atoms with Gasteiger partial charge in [-0.3, -0.25) is 0 Å². The molecule has 6 rings (SSSR count).